The minimum absolute atomic E-state index is 0.0237. The summed E-state index contributed by atoms with van der Waals surface area (Å²) in [5.74, 6) is -0.0821. The number of fused-ring (bicyclic) bond motifs is 1. The third kappa shape index (κ3) is 2.95. The number of carbonyl (C=O) groups excluding carboxylic acids is 2. The molecule has 1 aliphatic heterocycles. The first kappa shape index (κ1) is 15.2. The van der Waals surface area contributed by atoms with Gasteiger partial charge in [0.25, 0.3) is 5.91 Å². The largest absolute Gasteiger partial charge is 0.352 e. The summed E-state index contributed by atoms with van der Waals surface area (Å²) in [5, 5.41) is 5.79. The SMILES string of the molecule is CC1(C)C(=O)Nc2ccc(CCNC(=O)c3ccncc3)cc21. The van der Waals surface area contributed by atoms with Crippen molar-refractivity contribution in [1.29, 1.82) is 0 Å². The Balaban J connectivity index is 1.63. The molecule has 2 heterocycles. The number of hydrogen-bond donors (Lipinski definition) is 2. The van der Waals surface area contributed by atoms with Crippen molar-refractivity contribution in [3.05, 3.63) is 59.4 Å². The number of carbonyl (C=O) groups is 2. The molecule has 1 aliphatic rings. The van der Waals surface area contributed by atoms with Crippen LogP contribution in [-0.2, 0) is 16.6 Å². The van der Waals surface area contributed by atoms with E-state index in [-0.39, 0.29) is 11.8 Å². The van der Waals surface area contributed by atoms with Gasteiger partial charge >= 0.3 is 0 Å². The van der Waals surface area contributed by atoms with Crippen molar-refractivity contribution in [2.45, 2.75) is 25.7 Å². The highest BCUT2D eigenvalue weighted by Crippen LogP contribution is 2.37. The number of aromatic nitrogens is 1. The molecule has 5 nitrogen and oxygen atoms in total. The summed E-state index contributed by atoms with van der Waals surface area (Å²) in [6.45, 7) is 4.38. The van der Waals surface area contributed by atoms with Crippen LogP contribution in [0.4, 0.5) is 5.69 Å². The molecule has 118 valence electrons. The fraction of sp³-hybridized carbons (Fsp3) is 0.278. The quantitative estimate of drug-likeness (QED) is 0.910. The Morgan fingerprint density at radius 2 is 1.96 bits per heavy atom. The van der Waals surface area contributed by atoms with E-state index in [0.29, 0.717) is 18.5 Å². The second-order valence-corrected chi connectivity index (χ2v) is 6.20. The number of benzene rings is 1. The fourth-order valence-electron chi connectivity index (χ4n) is 2.70. The van der Waals surface area contributed by atoms with Gasteiger partial charge in [-0.1, -0.05) is 12.1 Å². The van der Waals surface area contributed by atoms with Crippen LogP contribution in [0.5, 0.6) is 0 Å². The average Bonchev–Trinajstić information content (AvgIpc) is 2.78. The maximum Gasteiger partial charge on any atom is 0.251 e. The minimum atomic E-state index is -0.508. The van der Waals surface area contributed by atoms with Crippen molar-refractivity contribution < 1.29 is 9.59 Å². The van der Waals surface area contributed by atoms with Crippen molar-refractivity contribution in [2.75, 3.05) is 11.9 Å². The number of nitrogens with one attached hydrogen (secondary N) is 2. The van der Waals surface area contributed by atoms with Crippen LogP contribution in [-0.4, -0.2) is 23.3 Å². The van der Waals surface area contributed by atoms with Crippen molar-refractivity contribution >= 4 is 17.5 Å². The molecule has 2 amide bonds. The summed E-state index contributed by atoms with van der Waals surface area (Å²) in [7, 11) is 0. The zero-order chi connectivity index (χ0) is 16.4. The summed E-state index contributed by atoms with van der Waals surface area (Å²) < 4.78 is 0. The smallest absolute Gasteiger partial charge is 0.251 e. The molecule has 0 bridgehead atoms. The molecule has 5 heteroatoms. The first-order chi connectivity index (χ1) is 11.0. The van der Waals surface area contributed by atoms with E-state index in [2.05, 4.69) is 15.6 Å². The van der Waals surface area contributed by atoms with E-state index in [4.69, 9.17) is 0 Å². The normalized spacial score (nSPS) is 15.0. The first-order valence-electron chi connectivity index (χ1n) is 7.61. The molecule has 0 saturated carbocycles. The van der Waals surface area contributed by atoms with Crippen LogP contribution in [0.1, 0.15) is 35.3 Å². The van der Waals surface area contributed by atoms with Gasteiger partial charge in [0.1, 0.15) is 0 Å². The Labute approximate surface area is 135 Å². The molecule has 3 rings (SSSR count). The lowest BCUT2D eigenvalue weighted by Gasteiger charge is -2.16. The molecule has 0 unspecified atom stereocenters. The Morgan fingerprint density at radius 3 is 2.70 bits per heavy atom. The van der Waals surface area contributed by atoms with Crippen molar-refractivity contribution in [3.8, 4) is 0 Å². The van der Waals surface area contributed by atoms with Gasteiger partial charge in [0.15, 0.2) is 0 Å². The second kappa shape index (κ2) is 5.83. The summed E-state index contributed by atoms with van der Waals surface area (Å²) in [4.78, 5) is 27.8. The van der Waals surface area contributed by atoms with Gasteiger partial charge in [0, 0.05) is 30.2 Å². The molecule has 1 aromatic carbocycles. The van der Waals surface area contributed by atoms with Crippen molar-refractivity contribution in [3.63, 3.8) is 0 Å². The minimum Gasteiger partial charge on any atom is -0.352 e. The van der Waals surface area contributed by atoms with E-state index >= 15 is 0 Å². The van der Waals surface area contributed by atoms with Gasteiger partial charge in [-0.2, -0.15) is 0 Å². The number of hydrogen-bond acceptors (Lipinski definition) is 3. The molecule has 0 saturated heterocycles. The predicted octanol–water partition coefficient (Wildman–Crippen LogP) is 2.28. The van der Waals surface area contributed by atoms with Gasteiger partial charge in [0.2, 0.25) is 5.91 Å². The fourth-order valence-corrected chi connectivity index (χ4v) is 2.70. The maximum absolute atomic E-state index is 12.0. The number of nitrogens with zero attached hydrogens (tertiary/aromatic N) is 1. The first-order valence-corrected chi connectivity index (χ1v) is 7.61. The highest BCUT2D eigenvalue weighted by molar-refractivity contribution is 6.05. The Kier molecular flexibility index (Phi) is 3.86. The number of anilines is 1. The average molecular weight is 309 g/mol. The molecule has 0 spiro atoms. The second-order valence-electron chi connectivity index (χ2n) is 6.20. The molecule has 1 aromatic heterocycles. The zero-order valence-corrected chi connectivity index (χ0v) is 13.2. The Bertz CT molecular complexity index is 754. The van der Waals surface area contributed by atoms with Gasteiger partial charge < -0.3 is 10.6 Å². The molecule has 0 aliphatic carbocycles. The predicted molar refractivity (Wildman–Crippen MR) is 88.4 cm³/mol. The van der Waals surface area contributed by atoms with E-state index in [1.165, 1.54) is 0 Å². The van der Waals surface area contributed by atoms with Gasteiger partial charge in [-0.15, -0.1) is 0 Å². The van der Waals surface area contributed by atoms with Crippen LogP contribution in [0.2, 0.25) is 0 Å². The number of pyridine rings is 1. The number of rotatable bonds is 4. The lowest BCUT2D eigenvalue weighted by molar-refractivity contribution is -0.119. The molecule has 0 atom stereocenters. The number of amides is 2. The molecular formula is C18H19N3O2. The van der Waals surface area contributed by atoms with Crippen LogP contribution in [0.25, 0.3) is 0 Å². The third-order valence-electron chi connectivity index (χ3n) is 4.21. The van der Waals surface area contributed by atoms with Gasteiger partial charge in [-0.3, -0.25) is 14.6 Å². The van der Waals surface area contributed by atoms with Gasteiger partial charge in [0.05, 0.1) is 5.41 Å². The molecule has 0 radical (unpaired) electrons. The van der Waals surface area contributed by atoms with Crippen LogP contribution in [0.15, 0.2) is 42.7 Å². The lowest BCUT2D eigenvalue weighted by Crippen LogP contribution is -2.27. The molecule has 0 fully saturated rings. The molecular weight excluding hydrogens is 290 g/mol. The standard InChI is InChI=1S/C18H19N3O2/c1-18(2)14-11-12(3-4-15(14)21-17(18)23)5-10-20-16(22)13-6-8-19-9-7-13/h3-4,6-9,11H,5,10H2,1-2H3,(H,20,22)(H,21,23). The van der Waals surface area contributed by atoms with Gasteiger partial charge in [-0.25, -0.2) is 0 Å². The van der Waals surface area contributed by atoms with Crippen LogP contribution in [0.3, 0.4) is 0 Å². The summed E-state index contributed by atoms with van der Waals surface area (Å²) in [6, 6.07) is 9.34. The van der Waals surface area contributed by atoms with E-state index in [0.717, 1.165) is 16.8 Å². The molecule has 23 heavy (non-hydrogen) atoms. The molecule has 2 aromatic rings. The Morgan fingerprint density at radius 1 is 1.22 bits per heavy atom. The summed E-state index contributed by atoms with van der Waals surface area (Å²) in [5.41, 5.74) is 3.09. The van der Waals surface area contributed by atoms with Crippen LogP contribution < -0.4 is 10.6 Å². The van der Waals surface area contributed by atoms with Crippen LogP contribution >= 0.6 is 0 Å². The monoisotopic (exact) mass is 309 g/mol. The third-order valence-corrected chi connectivity index (χ3v) is 4.21. The van der Waals surface area contributed by atoms with E-state index in [9.17, 15) is 9.59 Å². The van der Waals surface area contributed by atoms with E-state index < -0.39 is 5.41 Å². The van der Waals surface area contributed by atoms with E-state index in [1.54, 1.807) is 24.5 Å². The van der Waals surface area contributed by atoms with Crippen molar-refractivity contribution in [2.24, 2.45) is 0 Å². The summed E-state index contributed by atoms with van der Waals surface area (Å²) >= 11 is 0. The van der Waals surface area contributed by atoms with E-state index in [1.807, 2.05) is 32.0 Å². The summed E-state index contributed by atoms with van der Waals surface area (Å²) in [6.07, 6.45) is 3.91. The highest BCUT2D eigenvalue weighted by atomic mass is 16.2. The van der Waals surface area contributed by atoms with Crippen LogP contribution in [0, 0.1) is 0 Å². The molecule has 2 N–H and O–H groups in total. The van der Waals surface area contributed by atoms with Crippen molar-refractivity contribution in [1.82, 2.24) is 10.3 Å². The Hall–Kier alpha value is -2.69. The zero-order valence-electron chi connectivity index (χ0n) is 13.2. The van der Waals surface area contributed by atoms with Gasteiger partial charge in [-0.05, 0) is 49.6 Å². The maximum atomic E-state index is 12.0. The lowest BCUT2D eigenvalue weighted by atomic mass is 9.85. The highest BCUT2D eigenvalue weighted by Gasteiger charge is 2.38. The topological polar surface area (TPSA) is 71.1 Å².